The molecule has 0 aromatic carbocycles. The van der Waals surface area contributed by atoms with E-state index in [1.165, 1.54) is 12.8 Å². The smallest absolute Gasteiger partial charge is 0.317 e. The highest BCUT2D eigenvalue weighted by molar-refractivity contribution is 5.80. The number of nitrogens with zero attached hydrogens (tertiary/aromatic N) is 2. The predicted octanol–water partition coefficient (Wildman–Crippen LogP) is 0.546. The van der Waals surface area contributed by atoms with Crippen molar-refractivity contribution in [3.05, 3.63) is 0 Å². The van der Waals surface area contributed by atoms with E-state index in [1.807, 2.05) is 9.80 Å². The van der Waals surface area contributed by atoms with Crippen molar-refractivity contribution < 1.29 is 14.7 Å². The van der Waals surface area contributed by atoms with Crippen LogP contribution in [-0.2, 0) is 9.59 Å². The lowest BCUT2D eigenvalue weighted by atomic mass is 10.0. The molecule has 1 amide bonds. The van der Waals surface area contributed by atoms with Gasteiger partial charge in [-0.15, -0.1) is 0 Å². The first-order chi connectivity index (χ1) is 8.65. The number of rotatable bonds is 5. The second kappa shape index (κ2) is 4.53. The second-order valence-electron chi connectivity index (χ2n) is 5.83. The van der Waals surface area contributed by atoms with Crippen molar-refractivity contribution in [2.45, 2.75) is 44.2 Å². The van der Waals surface area contributed by atoms with Gasteiger partial charge in [0.15, 0.2) is 0 Å². The number of carboxylic acid groups (broad SMARTS) is 1. The molecule has 0 radical (unpaired) electrons. The Kier molecular flexibility index (Phi) is 3.01. The van der Waals surface area contributed by atoms with E-state index in [1.54, 1.807) is 0 Å². The van der Waals surface area contributed by atoms with Crippen LogP contribution >= 0.6 is 0 Å². The summed E-state index contributed by atoms with van der Waals surface area (Å²) in [6, 6.07) is 0.410. The van der Waals surface area contributed by atoms with Crippen molar-refractivity contribution in [1.29, 1.82) is 0 Å². The molecule has 1 saturated carbocycles. The van der Waals surface area contributed by atoms with Crippen molar-refractivity contribution in [3.8, 4) is 0 Å². The molecule has 2 unspecified atom stereocenters. The van der Waals surface area contributed by atoms with Gasteiger partial charge in [-0.05, 0) is 31.6 Å². The quantitative estimate of drug-likeness (QED) is 0.776. The molecule has 3 rings (SSSR count). The summed E-state index contributed by atoms with van der Waals surface area (Å²) in [5.41, 5.74) is 0. The molecule has 2 heterocycles. The fourth-order valence-corrected chi connectivity index (χ4v) is 3.43. The molecule has 2 saturated heterocycles. The van der Waals surface area contributed by atoms with Crippen molar-refractivity contribution in [3.63, 3.8) is 0 Å². The minimum Gasteiger partial charge on any atom is -0.480 e. The summed E-state index contributed by atoms with van der Waals surface area (Å²) in [4.78, 5) is 26.9. The zero-order valence-corrected chi connectivity index (χ0v) is 10.5. The van der Waals surface area contributed by atoms with Gasteiger partial charge in [0.1, 0.15) is 0 Å². The molecular weight excluding hydrogens is 232 g/mol. The normalized spacial score (nSPS) is 31.2. The van der Waals surface area contributed by atoms with Crippen LogP contribution in [0.2, 0.25) is 0 Å². The van der Waals surface area contributed by atoms with Crippen molar-refractivity contribution in [2.75, 3.05) is 19.6 Å². The number of hydrogen-bond acceptors (Lipinski definition) is 3. The SMILES string of the molecule is O=C(O)CN(CC1CC1)C1CC(=O)N2CCCC12. The van der Waals surface area contributed by atoms with E-state index in [0.717, 1.165) is 25.9 Å². The summed E-state index contributed by atoms with van der Waals surface area (Å²) in [7, 11) is 0. The molecule has 1 aliphatic carbocycles. The third kappa shape index (κ3) is 2.23. The van der Waals surface area contributed by atoms with Gasteiger partial charge in [0.2, 0.25) is 5.91 Å². The first kappa shape index (κ1) is 12.0. The molecule has 2 atom stereocenters. The van der Waals surface area contributed by atoms with E-state index >= 15 is 0 Å². The topological polar surface area (TPSA) is 60.9 Å². The number of fused-ring (bicyclic) bond motifs is 1. The Morgan fingerprint density at radius 3 is 2.83 bits per heavy atom. The number of carbonyl (C=O) groups excluding carboxylic acids is 1. The van der Waals surface area contributed by atoms with Crippen LogP contribution in [0.5, 0.6) is 0 Å². The van der Waals surface area contributed by atoms with E-state index < -0.39 is 5.97 Å². The fourth-order valence-electron chi connectivity index (χ4n) is 3.43. The van der Waals surface area contributed by atoms with E-state index in [9.17, 15) is 9.59 Å². The molecule has 0 aromatic rings. The summed E-state index contributed by atoms with van der Waals surface area (Å²) >= 11 is 0. The molecule has 3 aliphatic rings. The van der Waals surface area contributed by atoms with E-state index in [2.05, 4.69) is 0 Å². The van der Waals surface area contributed by atoms with Gasteiger partial charge >= 0.3 is 5.97 Å². The number of aliphatic carboxylic acids is 1. The van der Waals surface area contributed by atoms with Gasteiger partial charge in [0, 0.05) is 31.6 Å². The second-order valence-corrected chi connectivity index (χ2v) is 5.83. The molecule has 100 valence electrons. The van der Waals surface area contributed by atoms with Gasteiger partial charge in [0.05, 0.1) is 6.54 Å². The lowest BCUT2D eigenvalue weighted by Gasteiger charge is -2.31. The lowest BCUT2D eigenvalue weighted by molar-refractivity contribution is -0.139. The van der Waals surface area contributed by atoms with E-state index in [0.29, 0.717) is 12.3 Å². The molecule has 5 nitrogen and oxygen atoms in total. The Morgan fingerprint density at radius 1 is 1.39 bits per heavy atom. The average Bonchev–Trinajstić information content (AvgIpc) is 2.89. The van der Waals surface area contributed by atoms with Crippen LogP contribution in [0, 0.1) is 5.92 Å². The molecule has 0 bridgehead atoms. The van der Waals surface area contributed by atoms with Gasteiger partial charge in [-0.25, -0.2) is 0 Å². The Hall–Kier alpha value is -1.10. The van der Waals surface area contributed by atoms with Crippen LogP contribution in [0.1, 0.15) is 32.1 Å². The molecule has 1 N–H and O–H groups in total. The molecule has 3 fully saturated rings. The highest BCUT2D eigenvalue weighted by Gasteiger charge is 2.46. The van der Waals surface area contributed by atoms with Crippen LogP contribution < -0.4 is 0 Å². The first-order valence-corrected chi connectivity index (χ1v) is 6.90. The number of carbonyl (C=O) groups is 2. The van der Waals surface area contributed by atoms with Crippen LogP contribution in [0.4, 0.5) is 0 Å². The lowest BCUT2D eigenvalue weighted by Crippen LogP contribution is -2.46. The predicted molar refractivity (Wildman–Crippen MR) is 65.1 cm³/mol. The largest absolute Gasteiger partial charge is 0.480 e. The summed E-state index contributed by atoms with van der Waals surface area (Å²) < 4.78 is 0. The van der Waals surface area contributed by atoms with Crippen LogP contribution in [0.15, 0.2) is 0 Å². The zero-order valence-electron chi connectivity index (χ0n) is 10.5. The standard InChI is InChI=1S/C13H20N2O3/c16-12-6-11(10-2-1-5-15(10)12)14(8-13(17)18)7-9-3-4-9/h9-11H,1-8H2,(H,17,18). The number of carboxylic acids is 1. The number of amides is 1. The zero-order chi connectivity index (χ0) is 12.7. The monoisotopic (exact) mass is 252 g/mol. The molecule has 0 aromatic heterocycles. The van der Waals surface area contributed by atoms with Crippen LogP contribution in [-0.4, -0.2) is 58.5 Å². The summed E-state index contributed by atoms with van der Waals surface area (Å²) in [6.45, 7) is 1.80. The molecule has 2 aliphatic heterocycles. The van der Waals surface area contributed by atoms with Gasteiger partial charge in [-0.2, -0.15) is 0 Å². The Bertz CT molecular complexity index is 367. The van der Waals surface area contributed by atoms with Crippen molar-refractivity contribution in [2.24, 2.45) is 5.92 Å². The molecule has 0 spiro atoms. The minimum absolute atomic E-state index is 0.0821. The fraction of sp³-hybridized carbons (Fsp3) is 0.846. The van der Waals surface area contributed by atoms with E-state index in [-0.39, 0.29) is 24.5 Å². The molecule has 18 heavy (non-hydrogen) atoms. The first-order valence-electron chi connectivity index (χ1n) is 6.90. The Morgan fingerprint density at radius 2 is 2.17 bits per heavy atom. The van der Waals surface area contributed by atoms with Crippen molar-refractivity contribution in [1.82, 2.24) is 9.80 Å². The minimum atomic E-state index is -0.778. The summed E-state index contributed by atoms with van der Waals surface area (Å²) in [5, 5.41) is 9.04. The highest BCUT2D eigenvalue weighted by atomic mass is 16.4. The number of hydrogen-bond donors (Lipinski definition) is 1. The van der Waals surface area contributed by atoms with Gasteiger partial charge in [-0.1, -0.05) is 0 Å². The summed E-state index contributed by atoms with van der Waals surface area (Å²) in [5.74, 6) is 0.100. The maximum Gasteiger partial charge on any atom is 0.317 e. The maximum atomic E-state index is 11.9. The summed E-state index contributed by atoms with van der Waals surface area (Å²) in [6.07, 6.45) is 5.05. The van der Waals surface area contributed by atoms with Gasteiger partial charge in [0.25, 0.3) is 0 Å². The average molecular weight is 252 g/mol. The maximum absolute atomic E-state index is 11.9. The Balaban J connectivity index is 1.72. The van der Waals surface area contributed by atoms with Crippen molar-refractivity contribution >= 4 is 11.9 Å². The molecule has 5 heteroatoms. The van der Waals surface area contributed by atoms with Gasteiger partial charge < -0.3 is 10.0 Å². The molecular formula is C13H20N2O3. The Labute approximate surface area is 107 Å². The third-order valence-electron chi connectivity index (χ3n) is 4.44. The van der Waals surface area contributed by atoms with E-state index in [4.69, 9.17) is 5.11 Å². The van der Waals surface area contributed by atoms with Crippen LogP contribution in [0.3, 0.4) is 0 Å². The highest BCUT2D eigenvalue weighted by Crippen LogP contribution is 2.35. The third-order valence-corrected chi connectivity index (χ3v) is 4.44. The van der Waals surface area contributed by atoms with Gasteiger partial charge in [-0.3, -0.25) is 14.5 Å². The van der Waals surface area contributed by atoms with Crippen LogP contribution in [0.25, 0.3) is 0 Å².